The molecule has 5 nitrogen and oxygen atoms in total. The van der Waals surface area contributed by atoms with Crippen LogP contribution in [-0.2, 0) is 14.3 Å². The molecule has 2 aliphatic rings. The molecule has 1 atom stereocenters. The minimum absolute atomic E-state index is 0.0783. The van der Waals surface area contributed by atoms with Crippen molar-refractivity contribution in [2.24, 2.45) is 11.1 Å². The van der Waals surface area contributed by atoms with Gasteiger partial charge in [-0.05, 0) is 25.7 Å². The van der Waals surface area contributed by atoms with Crippen molar-refractivity contribution in [3.63, 3.8) is 0 Å². The smallest absolute Gasteiger partial charge is 0.328 e. The number of ether oxygens (including phenoxy) is 1. The summed E-state index contributed by atoms with van der Waals surface area (Å²) in [6.45, 7) is 0.586. The van der Waals surface area contributed by atoms with E-state index in [-0.39, 0.29) is 16.9 Å². The number of nitrogens with zero attached hydrogens (tertiary/aromatic N) is 1. The number of thiocarbonyl (C=S) groups is 1. The van der Waals surface area contributed by atoms with Crippen molar-refractivity contribution in [2.75, 3.05) is 13.7 Å². The molecule has 1 heterocycles. The van der Waals surface area contributed by atoms with Gasteiger partial charge in [-0.25, -0.2) is 4.79 Å². The van der Waals surface area contributed by atoms with Crippen molar-refractivity contribution in [1.82, 2.24) is 4.90 Å². The molecule has 106 valence electrons. The number of nitrogens with two attached hydrogens (primary N) is 1. The van der Waals surface area contributed by atoms with E-state index in [1.807, 2.05) is 0 Å². The Kier molecular flexibility index (Phi) is 4.08. The van der Waals surface area contributed by atoms with Crippen molar-refractivity contribution in [3.8, 4) is 0 Å². The minimum atomic E-state index is -0.730. The zero-order valence-electron chi connectivity index (χ0n) is 11.2. The molecule has 0 aromatic heterocycles. The fourth-order valence-corrected chi connectivity index (χ4v) is 3.50. The first-order valence-electron chi connectivity index (χ1n) is 6.72. The van der Waals surface area contributed by atoms with Crippen molar-refractivity contribution in [2.45, 2.75) is 44.6 Å². The van der Waals surface area contributed by atoms with Crippen LogP contribution in [0.1, 0.15) is 38.5 Å². The normalized spacial score (nSPS) is 25.3. The van der Waals surface area contributed by atoms with Crippen molar-refractivity contribution in [1.29, 1.82) is 0 Å². The number of carbonyl (C=O) groups excluding carboxylic acids is 2. The highest BCUT2D eigenvalue weighted by Gasteiger charge is 2.49. The highest BCUT2D eigenvalue weighted by atomic mass is 32.1. The SMILES string of the molecule is COC(=O)C1CCCN1C(=O)C1(C(N)=S)CCCC1. The van der Waals surface area contributed by atoms with E-state index in [0.717, 1.165) is 19.3 Å². The standard InChI is InChI=1S/C13H20N2O3S/c1-18-10(16)9-5-4-8-15(9)12(17)13(11(14)19)6-2-3-7-13/h9H,2-8H2,1H3,(H2,14,19). The molecule has 1 saturated carbocycles. The Hall–Kier alpha value is -1.17. The summed E-state index contributed by atoms with van der Waals surface area (Å²) < 4.78 is 4.77. The summed E-state index contributed by atoms with van der Waals surface area (Å²) in [4.78, 5) is 26.4. The van der Waals surface area contributed by atoms with Crippen LogP contribution >= 0.6 is 12.2 Å². The Labute approximate surface area is 118 Å². The summed E-state index contributed by atoms with van der Waals surface area (Å²) in [7, 11) is 1.35. The molecule has 0 aromatic carbocycles. The second-order valence-electron chi connectivity index (χ2n) is 5.33. The lowest BCUT2D eigenvalue weighted by Crippen LogP contribution is -2.52. The summed E-state index contributed by atoms with van der Waals surface area (Å²) in [6, 6.07) is -0.468. The second-order valence-corrected chi connectivity index (χ2v) is 5.77. The van der Waals surface area contributed by atoms with Gasteiger partial charge in [0.25, 0.3) is 0 Å². The van der Waals surface area contributed by atoms with Gasteiger partial charge in [-0.3, -0.25) is 4.79 Å². The lowest BCUT2D eigenvalue weighted by molar-refractivity contribution is -0.153. The Balaban J connectivity index is 2.22. The van der Waals surface area contributed by atoms with E-state index in [0.29, 0.717) is 25.8 Å². The Bertz CT molecular complexity index is 405. The molecular weight excluding hydrogens is 264 g/mol. The van der Waals surface area contributed by atoms with Crippen molar-refractivity contribution in [3.05, 3.63) is 0 Å². The van der Waals surface area contributed by atoms with Gasteiger partial charge in [0.2, 0.25) is 5.91 Å². The molecule has 6 heteroatoms. The van der Waals surface area contributed by atoms with E-state index >= 15 is 0 Å². The molecule has 1 amide bonds. The first-order chi connectivity index (χ1) is 9.03. The summed E-state index contributed by atoms with van der Waals surface area (Å²) in [5.41, 5.74) is 5.09. The number of carbonyl (C=O) groups is 2. The van der Waals surface area contributed by atoms with Crippen LogP contribution in [0.5, 0.6) is 0 Å². The second kappa shape index (κ2) is 5.45. The Morgan fingerprint density at radius 3 is 2.47 bits per heavy atom. The average Bonchev–Trinajstić information content (AvgIpc) is 3.06. The molecule has 1 aliphatic carbocycles. The minimum Gasteiger partial charge on any atom is -0.467 e. The van der Waals surface area contributed by atoms with E-state index in [1.165, 1.54) is 7.11 Å². The lowest BCUT2D eigenvalue weighted by atomic mass is 9.84. The molecule has 1 aliphatic heterocycles. The van der Waals surface area contributed by atoms with Crippen LogP contribution < -0.4 is 5.73 Å². The first-order valence-corrected chi connectivity index (χ1v) is 7.12. The number of likely N-dealkylation sites (tertiary alicyclic amines) is 1. The predicted octanol–water partition coefficient (Wildman–Crippen LogP) is 0.997. The third-order valence-electron chi connectivity index (χ3n) is 4.33. The van der Waals surface area contributed by atoms with Gasteiger partial charge in [0.1, 0.15) is 6.04 Å². The van der Waals surface area contributed by atoms with Gasteiger partial charge in [-0.15, -0.1) is 0 Å². The molecular formula is C13H20N2O3S. The van der Waals surface area contributed by atoms with E-state index in [2.05, 4.69) is 0 Å². The van der Waals surface area contributed by atoms with Crippen LogP contribution in [0.2, 0.25) is 0 Å². The highest BCUT2D eigenvalue weighted by Crippen LogP contribution is 2.41. The van der Waals surface area contributed by atoms with Crippen LogP contribution in [0.4, 0.5) is 0 Å². The molecule has 0 spiro atoms. The van der Waals surface area contributed by atoms with Crippen LogP contribution in [0, 0.1) is 5.41 Å². The van der Waals surface area contributed by atoms with Gasteiger partial charge in [-0.2, -0.15) is 0 Å². The molecule has 1 saturated heterocycles. The zero-order chi connectivity index (χ0) is 14.0. The van der Waals surface area contributed by atoms with E-state index in [1.54, 1.807) is 4.90 Å². The third kappa shape index (κ3) is 2.33. The van der Waals surface area contributed by atoms with Gasteiger partial charge < -0.3 is 15.4 Å². The van der Waals surface area contributed by atoms with E-state index < -0.39 is 11.5 Å². The summed E-state index contributed by atoms with van der Waals surface area (Å²) in [5.74, 6) is -0.424. The molecule has 2 N–H and O–H groups in total. The highest BCUT2D eigenvalue weighted by molar-refractivity contribution is 7.80. The maximum atomic E-state index is 12.8. The van der Waals surface area contributed by atoms with E-state index in [4.69, 9.17) is 22.7 Å². The van der Waals surface area contributed by atoms with Crippen LogP contribution in [-0.4, -0.2) is 41.5 Å². The molecule has 0 aromatic rings. The quantitative estimate of drug-likeness (QED) is 0.618. The van der Waals surface area contributed by atoms with Gasteiger partial charge in [0, 0.05) is 6.54 Å². The third-order valence-corrected chi connectivity index (χ3v) is 4.72. The van der Waals surface area contributed by atoms with Gasteiger partial charge in [-0.1, -0.05) is 25.1 Å². The number of esters is 1. The Morgan fingerprint density at radius 2 is 1.95 bits per heavy atom. The first kappa shape index (κ1) is 14.2. The van der Waals surface area contributed by atoms with Gasteiger partial charge in [0.05, 0.1) is 17.5 Å². The predicted molar refractivity (Wildman–Crippen MR) is 74.4 cm³/mol. The number of rotatable bonds is 3. The maximum Gasteiger partial charge on any atom is 0.328 e. The number of hydrogen-bond acceptors (Lipinski definition) is 4. The largest absolute Gasteiger partial charge is 0.467 e. The van der Waals surface area contributed by atoms with Crippen LogP contribution in [0.3, 0.4) is 0 Å². The fraction of sp³-hybridized carbons (Fsp3) is 0.769. The number of methoxy groups -OCH3 is 1. The summed E-state index contributed by atoms with van der Waals surface area (Å²) >= 11 is 5.13. The molecule has 0 radical (unpaired) electrons. The molecule has 2 rings (SSSR count). The van der Waals surface area contributed by atoms with Gasteiger partial charge in [0.15, 0.2) is 0 Å². The van der Waals surface area contributed by atoms with Crippen molar-refractivity contribution < 1.29 is 14.3 Å². The molecule has 19 heavy (non-hydrogen) atoms. The molecule has 2 fully saturated rings. The maximum absolute atomic E-state index is 12.8. The number of amides is 1. The summed E-state index contributed by atoms with van der Waals surface area (Å²) in [5, 5.41) is 0. The van der Waals surface area contributed by atoms with Gasteiger partial charge >= 0.3 is 5.97 Å². The average molecular weight is 284 g/mol. The molecule has 0 bridgehead atoms. The van der Waals surface area contributed by atoms with Crippen LogP contribution in [0.15, 0.2) is 0 Å². The number of hydrogen-bond donors (Lipinski definition) is 1. The Morgan fingerprint density at radius 1 is 1.32 bits per heavy atom. The monoisotopic (exact) mass is 284 g/mol. The van der Waals surface area contributed by atoms with Crippen LogP contribution in [0.25, 0.3) is 0 Å². The molecule has 1 unspecified atom stereocenters. The lowest BCUT2D eigenvalue weighted by Gasteiger charge is -2.33. The van der Waals surface area contributed by atoms with E-state index in [9.17, 15) is 9.59 Å². The topological polar surface area (TPSA) is 72.6 Å². The van der Waals surface area contributed by atoms with Crippen molar-refractivity contribution >= 4 is 29.1 Å². The zero-order valence-corrected chi connectivity index (χ0v) is 12.0. The fourth-order valence-electron chi connectivity index (χ4n) is 3.21. The summed E-state index contributed by atoms with van der Waals surface area (Å²) in [6.07, 6.45) is 4.79.